The second kappa shape index (κ2) is 6.40. The zero-order valence-electron chi connectivity index (χ0n) is 8.32. The minimum absolute atomic E-state index is 0.0887. The summed E-state index contributed by atoms with van der Waals surface area (Å²) in [4.78, 5) is 10.4. The van der Waals surface area contributed by atoms with Gasteiger partial charge in [-0.15, -0.1) is 0 Å². The van der Waals surface area contributed by atoms with E-state index in [0.717, 1.165) is 22.9 Å². The van der Waals surface area contributed by atoms with Gasteiger partial charge in [0.2, 0.25) is 0 Å². The lowest BCUT2D eigenvalue weighted by atomic mass is 10.1. The Balaban J connectivity index is 2.60. The van der Waals surface area contributed by atoms with Crippen molar-refractivity contribution in [2.24, 2.45) is 0 Å². The summed E-state index contributed by atoms with van der Waals surface area (Å²) in [6.07, 6.45) is 5.20. The molecule has 0 saturated heterocycles. The van der Waals surface area contributed by atoms with Crippen molar-refractivity contribution in [3.05, 3.63) is 41.5 Å². The molecule has 0 aliphatic heterocycles. The van der Waals surface area contributed by atoms with Gasteiger partial charge in [0, 0.05) is 5.33 Å². The molecule has 0 amide bonds. The molecule has 0 spiro atoms. The maximum Gasteiger partial charge on any atom is 0.307 e. The molecule has 0 heterocycles. The van der Waals surface area contributed by atoms with E-state index >= 15 is 0 Å². The van der Waals surface area contributed by atoms with Crippen molar-refractivity contribution in [1.29, 1.82) is 0 Å². The highest BCUT2D eigenvalue weighted by Gasteiger charge is 1.98. The molecule has 3 heteroatoms. The molecular weight excluding hydrogens is 256 g/mol. The molecule has 0 saturated carbocycles. The van der Waals surface area contributed by atoms with Gasteiger partial charge in [0.1, 0.15) is 0 Å². The van der Waals surface area contributed by atoms with E-state index in [0.29, 0.717) is 0 Å². The zero-order chi connectivity index (χ0) is 11.1. The highest BCUT2D eigenvalue weighted by Crippen LogP contribution is 2.07. The minimum atomic E-state index is -0.794. The molecule has 0 aromatic heterocycles. The third-order valence-corrected chi connectivity index (χ3v) is 2.38. The number of rotatable bonds is 5. The monoisotopic (exact) mass is 268 g/mol. The van der Waals surface area contributed by atoms with E-state index in [1.54, 1.807) is 0 Å². The van der Waals surface area contributed by atoms with Crippen LogP contribution in [-0.4, -0.2) is 16.4 Å². The summed E-state index contributed by atoms with van der Waals surface area (Å²) < 4.78 is 0. The Morgan fingerprint density at radius 2 is 2.00 bits per heavy atom. The quantitative estimate of drug-likeness (QED) is 0.834. The largest absolute Gasteiger partial charge is 0.481 e. The van der Waals surface area contributed by atoms with Crippen molar-refractivity contribution < 1.29 is 9.90 Å². The third kappa shape index (κ3) is 4.79. The summed E-state index contributed by atoms with van der Waals surface area (Å²) in [5.74, 6) is -0.794. The fourth-order valence-electron chi connectivity index (χ4n) is 1.20. The molecule has 0 fully saturated rings. The Kier molecular flexibility index (Phi) is 5.12. The lowest BCUT2D eigenvalue weighted by Crippen LogP contribution is -1.99. The van der Waals surface area contributed by atoms with Crippen molar-refractivity contribution >= 4 is 28.0 Å². The number of aliphatic carboxylic acids is 1. The van der Waals surface area contributed by atoms with Gasteiger partial charge in [0.05, 0.1) is 6.42 Å². The molecule has 0 unspecified atom stereocenters. The first-order valence-electron chi connectivity index (χ1n) is 4.75. The molecule has 1 aromatic rings. The molecule has 1 N–H and O–H groups in total. The third-order valence-electron chi connectivity index (χ3n) is 1.92. The van der Waals surface area contributed by atoms with Crippen molar-refractivity contribution in [3.63, 3.8) is 0 Å². The highest BCUT2D eigenvalue weighted by molar-refractivity contribution is 9.09. The van der Waals surface area contributed by atoms with Gasteiger partial charge in [-0.25, -0.2) is 0 Å². The van der Waals surface area contributed by atoms with Crippen LogP contribution in [0.15, 0.2) is 30.3 Å². The van der Waals surface area contributed by atoms with E-state index in [1.807, 2.05) is 30.3 Å². The number of carboxylic acid groups (broad SMARTS) is 1. The van der Waals surface area contributed by atoms with E-state index in [-0.39, 0.29) is 6.42 Å². The van der Waals surface area contributed by atoms with Crippen LogP contribution < -0.4 is 0 Å². The minimum Gasteiger partial charge on any atom is -0.481 e. The number of halogens is 1. The Labute approximate surface area is 97.8 Å². The lowest BCUT2D eigenvalue weighted by Gasteiger charge is -1.97. The summed E-state index contributed by atoms with van der Waals surface area (Å²) in [6, 6.07) is 7.57. The number of carbonyl (C=O) groups is 1. The van der Waals surface area contributed by atoms with Gasteiger partial charge >= 0.3 is 5.97 Å². The van der Waals surface area contributed by atoms with Crippen LogP contribution in [-0.2, 0) is 11.2 Å². The first-order valence-corrected chi connectivity index (χ1v) is 5.88. The maximum atomic E-state index is 10.4. The Hall–Kier alpha value is -1.09. The van der Waals surface area contributed by atoms with Gasteiger partial charge in [-0.1, -0.05) is 52.3 Å². The highest BCUT2D eigenvalue weighted by atomic mass is 79.9. The summed E-state index contributed by atoms with van der Waals surface area (Å²) in [7, 11) is 0. The van der Waals surface area contributed by atoms with Gasteiger partial charge in [0.15, 0.2) is 0 Å². The fourth-order valence-corrected chi connectivity index (χ4v) is 1.47. The van der Waals surface area contributed by atoms with Crippen LogP contribution in [0.3, 0.4) is 0 Å². The van der Waals surface area contributed by atoms with Crippen LogP contribution in [0.5, 0.6) is 0 Å². The van der Waals surface area contributed by atoms with E-state index < -0.39 is 5.97 Å². The van der Waals surface area contributed by atoms with Crippen LogP contribution >= 0.6 is 15.9 Å². The Morgan fingerprint density at radius 3 is 2.53 bits per heavy atom. The summed E-state index contributed by atoms with van der Waals surface area (Å²) in [5.41, 5.74) is 1.94. The fraction of sp³-hybridized carbons (Fsp3) is 0.250. The van der Waals surface area contributed by atoms with Crippen molar-refractivity contribution in [1.82, 2.24) is 0 Å². The number of hydrogen-bond donors (Lipinski definition) is 1. The maximum absolute atomic E-state index is 10.4. The number of hydrogen-bond acceptors (Lipinski definition) is 1. The molecule has 0 bridgehead atoms. The number of carboxylic acids is 1. The van der Waals surface area contributed by atoms with Crippen LogP contribution in [0.2, 0.25) is 0 Å². The molecule has 15 heavy (non-hydrogen) atoms. The standard InChI is InChI=1S/C12H13BrO2/c13-8-2-1-3-10-4-6-11(7-5-10)9-12(14)15/h1,3-7H,2,8-9H2,(H,14,15). The van der Waals surface area contributed by atoms with Crippen LogP contribution in [0.4, 0.5) is 0 Å². The van der Waals surface area contributed by atoms with Gasteiger partial charge in [-0.3, -0.25) is 4.79 Å². The second-order valence-corrected chi connectivity index (χ2v) is 3.99. The molecule has 2 nitrogen and oxygen atoms in total. The molecule has 0 aliphatic rings. The molecule has 0 radical (unpaired) electrons. The van der Waals surface area contributed by atoms with E-state index in [1.165, 1.54) is 0 Å². The summed E-state index contributed by atoms with van der Waals surface area (Å²) in [6.45, 7) is 0. The normalized spacial score (nSPS) is 10.7. The molecule has 1 rings (SSSR count). The van der Waals surface area contributed by atoms with Gasteiger partial charge < -0.3 is 5.11 Å². The smallest absolute Gasteiger partial charge is 0.307 e. The molecular formula is C12H13BrO2. The predicted octanol–water partition coefficient (Wildman–Crippen LogP) is 3.11. The molecule has 80 valence electrons. The number of allylic oxidation sites excluding steroid dienone is 1. The SMILES string of the molecule is O=C(O)Cc1ccc(C=CCCBr)cc1. The number of alkyl halides is 1. The molecule has 0 aliphatic carbocycles. The van der Waals surface area contributed by atoms with Gasteiger partial charge in [-0.05, 0) is 17.5 Å². The first kappa shape index (κ1) is 12.0. The van der Waals surface area contributed by atoms with Crippen LogP contribution in [0.25, 0.3) is 6.08 Å². The first-order chi connectivity index (χ1) is 7.22. The zero-order valence-corrected chi connectivity index (χ0v) is 9.90. The average Bonchev–Trinajstić information content (AvgIpc) is 2.20. The van der Waals surface area contributed by atoms with Gasteiger partial charge in [0.25, 0.3) is 0 Å². The Morgan fingerprint density at radius 1 is 1.33 bits per heavy atom. The van der Waals surface area contributed by atoms with Gasteiger partial charge in [-0.2, -0.15) is 0 Å². The molecule has 1 aromatic carbocycles. The van der Waals surface area contributed by atoms with E-state index in [4.69, 9.17) is 5.11 Å². The van der Waals surface area contributed by atoms with Crippen LogP contribution in [0, 0.1) is 0 Å². The van der Waals surface area contributed by atoms with Crippen LogP contribution in [0.1, 0.15) is 17.5 Å². The molecule has 0 atom stereocenters. The number of benzene rings is 1. The predicted molar refractivity (Wildman–Crippen MR) is 65.2 cm³/mol. The lowest BCUT2D eigenvalue weighted by molar-refractivity contribution is -0.136. The van der Waals surface area contributed by atoms with Crippen molar-refractivity contribution in [3.8, 4) is 0 Å². The van der Waals surface area contributed by atoms with E-state index in [9.17, 15) is 4.79 Å². The topological polar surface area (TPSA) is 37.3 Å². The van der Waals surface area contributed by atoms with Crippen molar-refractivity contribution in [2.45, 2.75) is 12.8 Å². The van der Waals surface area contributed by atoms with E-state index in [2.05, 4.69) is 22.0 Å². The summed E-state index contributed by atoms with van der Waals surface area (Å²) in [5, 5.41) is 9.55. The Bertz CT molecular complexity index is 341. The second-order valence-electron chi connectivity index (χ2n) is 3.19. The van der Waals surface area contributed by atoms with Crippen molar-refractivity contribution in [2.75, 3.05) is 5.33 Å². The summed E-state index contributed by atoms with van der Waals surface area (Å²) >= 11 is 3.35. The average molecular weight is 269 g/mol.